The second-order valence-corrected chi connectivity index (χ2v) is 8.76. The maximum Gasteiger partial charge on any atom is 0.253 e. The first-order valence-electron chi connectivity index (χ1n) is 11.1. The smallest absolute Gasteiger partial charge is 0.253 e. The molecule has 0 spiro atoms. The number of carbonyl (C=O) groups excluding carboxylic acids is 2. The Labute approximate surface area is 173 Å². The number of carbonyl (C=O) groups is 2. The number of nitrogens with one attached hydrogen (secondary N) is 1. The van der Waals surface area contributed by atoms with E-state index >= 15 is 0 Å². The molecule has 2 aliphatic carbocycles. The molecule has 1 N–H and O–H groups in total. The van der Waals surface area contributed by atoms with Crippen molar-refractivity contribution >= 4 is 17.5 Å². The van der Waals surface area contributed by atoms with Gasteiger partial charge in [-0.3, -0.25) is 14.5 Å². The Kier molecular flexibility index (Phi) is 6.20. The molecule has 158 valence electrons. The Morgan fingerprint density at radius 3 is 2.52 bits per heavy atom. The summed E-state index contributed by atoms with van der Waals surface area (Å²) >= 11 is 0. The van der Waals surface area contributed by atoms with Crippen molar-refractivity contribution in [2.24, 2.45) is 5.92 Å². The zero-order valence-corrected chi connectivity index (χ0v) is 17.5. The van der Waals surface area contributed by atoms with Crippen molar-refractivity contribution in [2.45, 2.75) is 50.5 Å². The third kappa shape index (κ3) is 4.48. The number of morpholine rings is 1. The van der Waals surface area contributed by atoms with E-state index in [9.17, 15) is 9.59 Å². The number of ether oxygens (including phenoxy) is 1. The number of nitrogens with zero attached hydrogens (tertiary/aromatic N) is 2. The molecule has 0 radical (unpaired) electrons. The molecule has 3 aliphatic rings. The number of anilines is 1. The highest BCUT2D eigenvalue weighted by Gasteiger charge is 2.39. The molecule has 29 heavy (non-hydrogen) atoms. The molecular formula is C23H33N3O3. The topological polar surface area (TPSA) is 61.9 Å². The lowest BCUT2D eigenvalue weighted by Crippen LogP contribution is -2.59. The van der Waals surface area contributed by atoms with Gasteiger partial charge in [-0.05, 0) is 37.8 Å². The normalized spacial score (nSPS) is 22.1. The Morgan fingerprint density at radius 2 is 1.83 bits per heavy atom. The third-order valence-corrected chi connectivity index (χ3v) is 6.81. The van der Waals surface area contributed by atoms with Crippen LogP contribution < -0.4 is 10.2 Å². The molecule has 1 aromatic carbocycles. The number of hydrogen-bond acceptors (Lipinski definition) is 4. The van der Waals surface area contributed by atoms with Crippen LogP contribution in [0.3, 0.4) is 0 Å². The van der Waals surface area contributed by atoms with Gasteiger partial charge in [0, 0.05) is 38.1 Å². The second-order valence-electron chi connectivity index (χ2n) is 8.76. The zero-order chi connectivity index (χ0) is 20.3. The molecule has 6 nitrogen and oxygen atoms in total. The van der Waals surface area contributed by atoms with E-state index < -0.39 is 0 Å². The van der Waals surface area contributed by atoms with Gasteiger partial charge in [0.1, 0.15) is 0 Å². The van der Waals surface area contributed by atoms with E-state index in [4.69, 9.17) is 4.74 Å². The van der Waals surface area contributed by atoms with Gasteiger partial charge >= 0.3 is 0 Å². The standard InChI is InChI=1S/C23H33N3O3/c1-25(22(28)18-9-10-18)20-8-4-3-7-19(20)21(27)24-17-23(11-5-2-6-12-23)26-13-15-29-16-14-26/h3-4,7-8,18H,2,5-6,9-17H2,1H3,(H,24,27). The summed E-state index contributed by atoms with van der Waals surface area (Å²) in [6.45, 7) is 4.07. The van der Waals surface area contributed by atoms with Crippen LogP contribution in [0.25, 0.3) is 0 Å². The predicted octanol–water partition coefficient (Wildman–Crippen LogP) is 2.82. The zero-order valence-electron chi connectivity index (χ0n) is 17.5. The van der Waals surface area contributed by atoms with E-state index in [0.717, 1.165) is 52.0 Å². The lowest BCUT2D eigenvalue weighted by Gasteiger charge is -2.48. The predicted molar refractivity (Wildman–Crippen MR) is 113 cm³/mol. The molecule has 6 heteroatoms. The summed E-state index contributed by atoms with van der Waals surface area (Å²) in [4.78, 5) is 29.9. The average Bonchev–Trinajstić information content (AvgIpc) is 3.63. The number of benzene rings is 1. The SMILES string of the molecule is CN(C(=O)C1CC1)c1ccccc1C(=O)NCC1(N2CCOCC2)CCCCC1. The fourth-order valence-corrected chi connectivity index (χ4v) is 4.87. The molecule has 4 rings (SSSR count). The fraction of sp³-hybridized carbons (Fsp3) is 0.652. The number of amides is 2. The van der Waals surface area contributed by atoms with E-state index in [1.54, 1.807) is 11.9 Å². The largest absolute Gasteiger partial charge is 0.379 e. The first kappa shape index (κ1) is 20.4. The molecule has 0 bridgehead atoms. The average molecular weight is 400 g/mol. The van der Waals surface area contributed by atoms with Crippen LogP contribution >= 0.6 is 0 Å². The highest BCUT2D eigenvalue weighted by Crippen LogP contribution is 2.35. The third-order valence-electron chi connectivity index (χ3n) is 6.81. The monoisotopic (exact) mass is 399 g/mol. The molecule has 0 atom stereocenters. The van der Waals surface area contributed by atoms with E-state index in [-0.39, 0.29) is 23.3 Å². The van der Waals surface area contributed by atoms with Crippen molar-refractivity contribution in [2.75, 3.05) is 44.8 Å². The van der Waals surface area contributed by atoms with Gasteiger partial charge in [0.15, 0.2) is 0 Å². The molecule has 3 fully saturated rings. The Morgan fingerprint density at radius 1 is 1.14 bits per heavy atom. The van der Waals surface area contributed by atoms with Crippen molar-refractivity contribution in [1.29, 1.82) is 0 Å². The van der Waals surface area contributed by atoms with E-state index in [2.05, 4.69) is 10.2 Å². The summed E-state index contributed by atoms with van der Waals surface area (Å²) in [6, 6.07) is 7.45. The molecule has 1 heterocycles. The maximum absolute atomic E-state index is 13.2. The van der Waals surface area contributed by atoms with Gasteiger partial charge in [-0.25, -0.2) is 0 Å². The summed E-state index contributed by atoms with van der Waals surface area (Å²) in [5, 5.41) is 3.23. The molecule has 1 aromatic rings. The minimum atomic E-state index is -0.0887. The molecular weight excluding hydrogens is 366 g/mol. The minimum absolute atomic E-state index is 0.0301. The Balaban J connectivity index is 1.47. The summed E-state index contributed by atoms with van der Waals surface area (Å²) in [7, 11) is 1.78. The van der Waals surface area contributed by atoms with Crippen LogP contribution in [0.1, 0.15) is 55.3 Å². The fourth-order valence-electron chi connectivity index (χ4n) is 4.87. The quantitative estimate of drug-likeness (QED) is 0.799. The maximum atomic E-state index is 13.2. The second kappa shape index (κ2) is 8.84. The van der Waals surface area contributed by atoms with Gasteiger partial charge in [0.25, 0.3) is 5.91 Å². The lowest BCUT2D eigenvalue weighted by molar-refractivity contribution is -0.119. The van der Waals surface area contributed by atoms with E-state index in [1.165, 1.54) is 19.3 Å². The van der Waals surface area contributed by atoms with Crippen molar-refractivity contribution in [3.05, 3.63) is 29.8 Å². The number of hydrogen-bond donors (Lipinski definition) is 1. The van der Waals surface area contributed by atoms with Crippen molar-refractivity contribution in [3.63, 3.8) is 0 Å². The number of para-hydroxylation sites is 1. The van der Waals surface area contributed by atoms with Crippen LogP contribution in [0.5, 0.6) is 0 Å². The van der Waals surface area contributed by atoms with E-state index in [0.29, 0.717) is 17.8 Å². The molecule has 1 aliphatic heterocycles. The van der Waals surface area contributed by atoms with Crippen LogP contribution in [0.4, 0.5) is 5.69 Å². The minimum Gasteiger partial charge on any atom is -0.379 e. The van der Waals surface area contributed by atoms with Crippen molar-refractivity contribution in [3.8, 4) is 0 Å². The first-order valence-corrected chi connectivity index (χ1v) is 11.1. The molecule has 2 saturated carbocycles. The van der Waals surface area contributed by atoms with Crippen LogP contribution in [-0.4, -0.2) is 62.1 Å². The highest BCUT2D eigenvalue weighted by molar-refractivity contribution is 6.05. The van der Waals surface area contributed by atoms with Gasteiger partial charge in [-0.1, -0.05) is 31.4 Å². The van der Waals surface area contributed by atoms with E-state index in [1.807, 2.05) is 24.3 Å². The van der Waals surface area contributed by atoms with Crippen LogP contribution in [0.2, 0.25) is 0 Å². The number of rotatable bonds is 6. The van der Waals surface area contributed by atoms with Crippen LogP contribution in [0.15, 0.2) is 24.3 Å². The summed E-state index contributed by atoms with van der Waals surface area (Å²) in [6.07, 6.45) is 7.85. The van der Waals surface area contributed by atoms with Crippen LogP contribution in [-0.2, 0) is 9.53 Å². The van der Waals surface area contributed by atoms with Crippen molar-refractivity contribution in [1.82, 2.24) is 10.2 Å². The molecule has 0 aromatic heterocycles. The Hall–Kier alpha value is -1.92. The van der Waals surface area contributed by atoms with Gasteiger partial charge in [-0.2, -0.15) is 0 Å². The van der Waals surface area contributed by atoms with Gasteiger partial charge < -0.3 is 15.0 Å². The molecule has 1 saturated heterocycles. The first-order chi connectivity index (χ1) is 14.1. The summed E-state index contributed by atoms with van der Waals surface area (Å²) in [5.41, 5.74) is 1.31. The lowest BCUT2D eigenvalue weighted by atomic mass is 9.79. The highest BCUT2D eigenvalue weighted by atomic mass is 16.5. The molecule has 2 amide bonds. The van der Waals surface area contributed by atoms with Gasteiger partial charge in [-0.15, -0.1) is 0 Å². The van der Waals surface area contributed by atoms with Gasteiger partial charge in [0.05, 0.1) is 24.5 Å². The summed E-state index contributed by atoms with van der Waals surface area (Å²) in [5.74, 6) is 0.152. The van der Waals surface area contributed by atoms with Crippen LogP contribution in [0, 0.1) is 5.92 Å². The molecule has 0 unspecified atom stereocenters. The Bertz CT molecular complexity index is 735. The summed E-state index contributed by atoms with van der Waals surface area (Å²) < 4.78 is 5.55. The van der Waals surface area contributed by atoms with Gasteiger partial charge in [0.2, 0.25) is 5.91 Å². The van der Waals surface area contributed by atoms with Crippen molar-refractivity contribution < 1.29 is 14.3 Å².